The van der Waals surface area contributed by atoms with Crippen molar-refractivity contribution in [1.29, 1.82) is 0 Å². The van der Waals surface area contributed by atoms with Gasteiger partial charge in [0.05, 0.1) is 24.4 Å². The third kappa shape index (κ3) is 5.30. The van der Waals surface area contributed by atoms with Gasteiger partial charge in [-0.2, -0.15) is 18.3 Å². The summed E-state index contributed by atoms with van der Waals surface area (Å²) in [4.78, 5) is 27.6. The molecule has 31 heavy (non-hydrogen) atoms. The zero-order valence-electron chi connectivity index (χ0n) is 16.7. The van der Waals surface area contributed by atoms with Gasteiger partial charge in [0.15, 0.2) is 0 Å². The highest BCUT2D eigenvalue weighted by molar-refractivity contribution is 6.05. The first-order valence-corrected chi connectivity index (χ1v) is 9.36. The van der Waals surface area contributed by atoms with Gasteiger partial charge in [0.25, 0.3) is 5.91 Å². The van der Waals surface area contributed by atoms with Gasteiger partial charge in [-0.05, 0) is 32.0 Å². The normalized spacial score (nSPS) is 11.4. The van der Waals surface area contributed by atoms with E-state index in [1.807, 2.05) is 0 Å². The number of carbonyl (C=O) groups excluding carboxylic acids is 2. The molecule has 1 amide bonds. The maximum absolute atomic E-state index is 12.9. The van der Waals surface area contributed by atoms with E-state index in [0.29, 0.717) is 10.9 Å². The molecule has 0 fully saturated rings. The first-order chi connectivity index (χ1) is 14.7. The minimum absolute atomic E-state index is 0.0949. The second-order valence-corrected chi connectivity index (χ2v) is 6.33. The van der Waals surface area contributed by atoms with Crippen LogP contribution in [0.15, 0.2) is 36.5 Å². The van der Waals surface area contributed by atoms with E-state index >= 15 is 0 Å². The van der Waals surface area contributed by atoms with Gasteiger partial charge in [-0.25, -0.2) is 4.98 Å². The van der Waals surface area contributed by atoms with Crippen LogP contribution in [0.1, 0.15) is 30.0 Å². The SMILES string of the molecule is CCOC(=O)Cn1cc2cc(NC(=O)c3cccc(C(F)(F)F)n3)c(OCC)cc2n1. The zero-order valence-corrected chi connectivity index (χ0v) is 16.7. The minimum atomic E-state index is -4.67. The molecular weight excluding hydrogens is 417 g/mol. The van der Waals surface area contributed by atoms with Crippen molar-refractivity contribution < 1.29 is 32.2 Å². The Hall–Kier alpha value is -3.63. The highest BCUT2D eigenvalue weighted by atomic mass is 19.4. The van der Waals surface area contributed by atoms with Gasteiger partial charge in [-0.3, -0.25) is 14.3 Å². The van der Waals surface area contributed by atoms with Crippen LogP contribution in [-0.2, 0) is 22.3 Å². The first-order valence-electron chi connectivity index (χ1n) is 9.36. The van der Waals surface area contributed by atoms with Crippen LogP contribution in [0.3, 0.4) is 0 Å². The number of ether oxygens (including phenoxy) is 2. The molecule has 11 heteroatoms. The van der Waals surface area contributed by atoms with Crippen molar-refractivity contribution in [1.82, 2.24) is 14.8 Å². The molecule has 0 bridgehead atoms. The summed E-state index contributed by atoms with van der Waals surface area (Å²) < 4.78 is 50.5. The van der Waals surface area contributed by atoms with Crippen LogP contribution in [0.25, 0.3) is 10.9 Å². The number of nitrogens with zero attached hydrogens (tertiary/aromatic N) is 3. The predicted octanol–water partition coefficient (Wildman–Crippen LogP) is 3.66. The van der Waals surface area contributed by atoms with E-state index in [9.17, 15) is 22.8 Å². The molecule has 0 radical (unpaired) electrons. The predicted molar refractivity (Wildman–Crippen MR) is 105 cm³/mol. The molecule has 0 saturated carbocycles. The third-order valence-electron chi connectivity index (χ3n) is 4.07. The maximum Gasteiger partial charge on any atom is 0.433 e. The van der Waals surface area contributed by atoms with Crippen molar-refractivity contribution in [2.75, 3.05) is 18.5 Å². The molecule has 0 aliphatic carbocycles. The summed E-state index contributed by atoms with van der Waals surface area (Å²) in [6, 6.07) is 6.19. The molecular formula is C20H19F3N4O4. The molecule has 0 aliphatic heterocycles. The van der Waals surface area contributed by atoms with Crippen LogP contribution < -0.4 is 10.1 Å². The molecule has 2 aromatic heterocycles. The summed E-state index contributed by atoms with van der Waals surface area (Å²) in [5, 5.41) is 7.39. The molecule has 0 unspecified atom stereocenters. The number of hydrogen-bond donors (Lipinski definition) is 1. The number of benzene rings is 1. The Balaban J connectivity index is 1.90. The Kier molecular flexibility index (Phi) is 6.42. The lowest BCUT2D eigenvalue weighted by Crippen LogP contribution is -2.17. The van der Waals surface area contributed by atoms with Crippen molar-refractivity contribution in [2.24, 2.45) is 0 Å². The van der Waals surface area contributed by atoms with Crippen LogP contribution in [0.2, 0.25) is 0 Å². The van der Waals surface area contributed by atoms with Crippen molar-refractivity contribution >= 4 is 28.5 Å². The fourth-order valence-corrected chi connectivity index (χ4v) is 2.80. The van der Waals surface area contributed by atoms with Gasteiger partial charge >= 0.3 is 12.1 Å². The lowest BCUT2D eigenvalue weighted by molar-refractivity contribution is -0.144. The molecule has 1 N–H and O–H groups in total. The average molecular weight is 436 g/mol. The quantitative estimate of drug-likeness (QED) is 0.568. The standard InChI is InChI=1S/C20H19F3N4O4/c1-3-30-16-9-14-12(10-27(26-14)11-18(28)31-4-2)8-15(16)25-19(29)13-6-5-7-17(24-13)20(21,22)23/h5-10H,3-4,11H2,1-2H3,(H,25,29). The Morgan fingerprint density at radius 3 is 2.61 bits per heavy atom. The fraction of sp³-hybridized carbons (Fsp3) is 0.300. The van der Waals surface area contributed by atoms with E-state index in [2.05, 4.69) is 15.4 Å². The van der Waals surface area contributed by atoms with E-state index in [0.717, 1.165) is 12.1 Å². The average Bonchev–Trinajstić information content (AvgIpc) is 3.08. The van der Waals surface area contributed by atoms with Crippen molar-refractivity contribution in [2.45, 2.75) is 26.6 Å². The van der Waals surface area contributed by atoms with E-state index in [1.165, 1.54) is 10.7 Å². The number of rotatable bonds is 7. The molecule has 2 heterocycles. The summed E-state index contributed by atoms with van der Waals surface area (Å²) in [6.45, 7) is 3.86. The maximum atomic E-state index is 12.9. The minimum Gasteiger partial charge on any atom is -0.492 e. The molecule has 8 nitrogen and oxygen atoms in total. The van der Waals surface area contributed by atoms with E-state index < -0.39 is 29.4 Å². The second-order valence-electron chi connectivity index (χ2n) is 6.33. The lowest BCUT2D eigenvalue weighted by atomic mass is 10.2. The number of alkyl halides is 3. The topological polar surface area (TPSA) is 95.3 Å². The van der Waals surface area contributed by atoms with Crippen LogP contribution >= 0.6 is 0 Å². The van der Waals surface area contributed by atoms with Crippen LogP contribution in [0.4, 0.5) is 18.9 Å². The van der Waals surface area contributed by atoms with E-state index in [-0.39, 0.29) is 31.2 Å². The number of fused-ring (bicyclic) bond motifs is 1. The molecule has 0 atom stereocenters. The largest absolute Gasteiger partial charge is 0.492 e. The van der Waals surface area contributed by atoms with Crippen molar-refractivity contribution in [3.05, 3.63) is 47.9 Å². The molecule has 0 saturated heterocycles. The number of aromatic nitrogens is 3. The smallest absolute Gasteiger partial charge is 0.433 e. The highest BCUT2D eigenvalue weighted by Gasteiger charge is 2.33. The number of amides is 1. The van der Waals surface area contributed by atoms with E-state index in [1.54, 1.807) is 32.2 Å². The van der Waals surface area contributed by atoms with E-state index in [4.69, 9.17) is 9.47 Å². The monoisotopic (exact) mass is 436 g/mol. The fourth-order valence-electron chi connectivity index (χ4n) is 2.80. The molecule has 0 aliphatic rings. The van der Waals surface area contributed by atoms with Gasteiger partial charge < -0.3 is 14.8 Å². The number of esters is 1. The molecule has 164 valence electrons. The van der Waals surface area contributed by atoms with Gasteiger partial charge in [0.2, 0.25) is 0 Å². The van der Waals surface area contributed by atoms with Crippen LogP contribution in [0.5, 0.6) is 5.75 Å². The zero-order chi connectivity index (χ0) is 22.6. The molecule has 1 aromatic carbocycles. The second kappa shape index (κ2) is 9.02. The molecule has 0 spiro atoms. The Morgan fingerprint density at radius 1 is 1.16 bits per heavy atom. The van der Waals surface area contributed by atoms with Gasteiger partial charge in [0.1, 0.15) is 23.7 Å². The van der Waals surface area contributed by atoms with Gasteiger partial charge in [-0.1, -0.05) is 6.07 Å². The van der Waals surface area contributed by atoms with Crippen LogP contribution in [0, 0.1) is 0 Å². The number of nitrogens with one attached hydrogen (secondary N) is 1. The summed E-state index contributed by atoms with van der Waals surface area (Å²) in [5.41, 5.74) is -0.826. The summed E-state index contributed by atoms with van der Waals surface area (Å²) in [5.74, 6) is -1.01. The number of halogens is 3. The Morgan fingerprint density at radius 2 is 1.94 bits per heavy atom. The third-order valence-corrected chi connectivity index (χ3v) is 4.07. The van der Waals surface area contributed by atoms with Crippen molar-refractivity contribution in [3.8, 4) is 5.75 Å². The number of carbonyl (C=O) groups is 2. The highest BCUT2D eigenvalue weighted by Crippen LogP contribution is 2.31. The molecule has 3 rings (SSSR count). The lowest BCUT2D eigenvalue weighted by Gasteiger charge is -2.12. The van der Waals surface area contributed by atoms with Gasteiger partial charge in [0, 0.05) is 17.6 Å². The number of pyridine rings is 1. The Bertz CT molecular complexity index is 1110. The first kappa shape index (κ1) is 22.1. The number of hydrogen-bond acceptors (Lipinski definition) is 6. The number of anilines is 1. The summed E-state index contributed by atoms with van der Waals surface area (Å²) >= 11 is 0. The van der Waals surface area contributed by atoms with Crippen LogP contribution in [-0.4, -0.2) is 39.9 Å². The summed E-state index contributed by atoms with van der Waals surface area (Å²) in [6.07, 6.45) is -3.08. The van der Waals surface area contributed by atoms with Gasteiger partial charge in [-0.15, -0.1) is 0 Å². The summed E-state index contributed by atoms with van der Waals surface area (Å²) in [7, 11) is 0. The molecule has 3 aromatic rings. The van der Waals surface area contributed by atoms with Crippen molar-refractivity contribution in [3.63, 3.8) is 0 Å². The Labute approximate surface area is 175 Å².